The van der Waals surface area contributed by atoms with Crippen LogP contribution in [-0.4, -0.2) is 35.3 Å². The van der Waals surface area contributed by atoms with Gasteiger partial charge in [0.25, 0.3) is 0 Å². The van der Waals surface area contributed by atoms with Crippen molar-refractivity contribution >= 4 is 17.5 Å². The van der Waals surface area contributed by atoms with Gasteiger partial charge in [-0.2, -0.15) is 11.8 Å². The van der Waals surface area contributed by atoms with E-state index in [9.17, 15) is 15.0 Å². The van der Waals surface area contributed by atoms with Crippen molar-refractivity contribution in [2.45, 2.75) is 18.6 Å². The van der Waals surface area contributed by atoms with Crippen molar-refractivity contribution in [2.75, 3.05) is 19.4 Å². The summed E-state index contributed by atoms with van der Waals surface area (Å²) >= 11 is 1.64. The van der Waals surface area contributed by atoms with Crippen LogP contribution in [0.3, 0.4) is 0 Å². The van der Waals surface area contributed by atoms with Crippen LogP contribution in [0, 0.1) is 6.92 Å². The smallest absolute Gasteiger partial charge is 0.348 e. The van der Waals surface area contributed by atoms with Crippen LogP contribution in [0.25, 0.3) is 0 Å². The summed E-state index contributed by atoms with van der Waals surface area (Å²) in [6, 6.07) is 6.48. The first-order valence-corrected chi connectivity index (χ1v) is 8.90. The Labute approximate surface area is 149 Å². The number of hydrogen-bond acceptors (Lipinski definition) is 7. The molecule has 132 valence electrons. The van der Waals surface area contributed by atoms with Crippen molar-refractivity contribution in [3.8, 4) is 17.2 Å². The first-order chi connectivity index (χ1) is 12.0. The molecule has 0 saturated carbocycles. The van der Waals surface area contributed by atoms with Gasteiger partial charge in [-0.1, -0.05) is 0 Å². The zero-order valence-electron chi connectivity index (χ0n) is 14.0. The molecule has 1 aromatic heterocycles. The van der Waals surface area contributed by atoms with Gasteiger partial charge in [-0.3, -0.25) is 4.99 Å². The largest absolute Gasteiger partial charge is 0.508 e. The number of aliphatic imine (C=N–C) groups is 1. The fourth-order valence-electron chi connectivity index (χ4n) is 2.83. The average molecular weight is 361 g/mol. The number of phenols is 1. The fraction of sp³-hybridized carbons (Fsp3) is 0.333. The van der Waals surface area contributed by atoms with Crippen LogP contribution in [0.1, 0.15) is 28.6 Å². The molecule has 25 heavy (non-hydrogen) atoms. The highest BCUT2D eigenvalue weighted by Crippen LogP contribution is 2.41. The summed E-state index contributed by atoms with van der Waals surface area (Å²) in [5, 5.41) is 20.3. The van der Waals surface area contributed by atoms with E-state index >= 15 is 0 Å². The molecule has 0 spiro atoms. The number of ether oxygens (including phenoxy) is 1. The summed E-state index contributed by atoms with van der Waals surface area (Å²) in [4.78, 5) is 16.7. The second kappa shape index (κ2) is 7.23. The lowest BCUT2D eigenvalue weighted by Crippen LogP contribution is -2.17. The van der Waals surface area contributed by atoms with E-state index in [1.807, 2.05) is 0 Å². The molecule has 0 saturated heterocycles. The van der Waals surface area contributed by atoms with Crippen LogP contribution in [0.15, 0.2) is 38.5 Å². The number of thioether (sulfide) groups is 1. The Hall–Kier alpha value is -2.41. The van der Waals surface area contributed by atoms with E-state index in [0.29, 0.717) is 30.2 Å². The summed E-state index contributed by atoms with van der Waals surface area (Å²) in [6.07, 6.45) is 0.396. The molecule has 1 atom stereocenters. The third kappa shape index (κ3) is 3.66. The summed E-state index contributed by atoms with van der Waals surface area (Å²) in [5.74, 6) is 1.77. The Morgan fingerprint density at radius 2 is 2.08 bits per heavy atom. The van der Waals surface area contributed by atoms with Crippen molar-refractivity contribution in [3.05, 3.63) is 51.6 Å². The van der Waals surface area contributed by atoms with Gasteiger partial charge in [-0.05, 0) is 25.1 Å². The normalized spacial score (nSPS) is 17.7. The molecule has 1 aromatic carbocycles. The van der Waals surface area contributed by atoms with Crippen LogP contribution in [0.5, 0.6) is 17.2 Å². The molecule has 0 aliphatic carbocycles. The van der Waals surface area contributed by atoms with E-state index in [0.717, 1.165) is 11.3 Å². The minimum Gasteiger partial charge on any atom is -0.508 e. The number of phenolic OH excluding ortho intramolecular Hbond substituents is 1. The Balaban J connectivity index is 2.00. The maximum atomic E-state index is 12.2. The van der Waals surface area contributed by atoms with Crippen molar-refractivity contribution in [3.63, 3.8) is 0 Å². The number of benzene rings is 1. The number of methoxy groups -OCH3 is 1. The SMILES string of the molecule is COc1ccc(O)c([C@H]2CC(c3c(O)cc(C)oc3=O)=NCCS2)c1. The highest BCUT2D eigenvalue weighted by molar-refractivity contribution is 7.99. The molecule has 2 heterocycles. The van der Waals surface area contributed by atoms with Crippen LogP contribution >= 0.6 is 11.8 Å². The quantitative estimate of drug-likeness (QED) is 0.873. The van der Waals surface area contributed by atoms with Gasteiger partial charge >= 0.3 is 5.63 Å². The number of nitrogens with zero attached hydrogens (tertiary/aromatic N) is 1. The molecular formula is C18H19NO5S. The second-order valence-corrected chi connectivity index (χ2v) is 7.03. The lowest BCUT2D eigenvalue weighted by Gasteiger charge is -2.17. The Bertz CT molecular complexity index is 874. The molecular weight excluding hydrogens is 342 g/mol. The molecule has 0 radical (unpaired) electrons. The van der Waals surface area contributed by atoms with E-state index in [-0.39, 0.29) is 22.3 Å². The molecule has 2 N–H and O–H groups in total. The van der Waals surface area contributed by atoms with E-state index < -0.39 is 5.63 Å². The second-order valence-electron chi connectivity index (χ2n) is 5.72. The Morgan fingerprint density at radius 1 is 1.28 bits per heavy atom. The summed E-state index contributed by atoms with van der Waals surface area (Å²) < 4.78 is 10.4. The topological polar surface area (TPSA) is 92.3 Å². The molecule has 0 fully saturated rings. The summed E-state index contributed by atoms with van der Waals surface area (Å²) in [7, 11) is 1.57. The van der Waals surface area contributed by atoms with Crippen molar-refractivity contribution in [1.29, 1.82) is 0 Å². The van der Waals surface area contributed by atoms with Gasteiger partial charge in [0.1, 0.15) is 28.6 Å². The Kier molecular flexibility index (Phi) is 5.03. The molecule has 0 amide bonds. The van der Waals surface area contributed by atoms with E-state index in [1.165, 1.54) is 6.07 Å². The lowest BCUT2D eigenvalue weighted by atomic mass is 10.0. The molecule has 1 aliphatic rings. The van der Waals surface area contributed by atoms with E-state index in [4.69, 9.17) is 9.15 Å². The van der Waals surface area contributed by atoms with Crippen molar-refractivity contribution in [1.82, 2.24) is 0 Å². The zero-order valence-corrected chi connectivity index (χ0v) is 14.8. The highest BCUT2D eigenvalue weighted by Gasteiger charge is 2.25. The van der Waals surface area contributed by atoms with Gasteiger partial charge in [-0.15, -0.1) is 0 Å². The van der Waals surface area contributed by atoms with Gasteiger partial charge in [0, 0.05) is 35.6 Å². The molecule has 1 aliphatic heterocycles. The maximum Gasteiger partial charge on any atom is 0.348 e. The van der Waals surface area contributed by atoms with Crippen LogP contribution in [0.4, 0.5) is 0 Å². The minimum atomic E-state index is -0.600. The maximum absolute atomic E-state index is 12.2. The third-order valence-electron chi connectivity index (χ3n) is 4.02. The van der Waals surface area contributed by atoms with E-state index in [1.54, 1.807) is 44.0 Å². The molecule has 6 nitrogen and oxygen atoms in total. The lowest BCUT2D eigenvalue weighted by molar-refractivity contribution is 0.410. The van der Waals surface area contributed by atoms with Crippen molar-refractivity contribution in [2.24, 2.45) is 4.99 Å². The van der Waals surface area contributed by atoms with Crippen LogP contribution < -0.4 is 10.4 Å². The standard InChI is InChI=1S/C18H19NO5S/c1-10-7-15(21)17(18(22)24-10)13-9-16(25-6-5-19-13)12-8-11(23-2)3-4-14(12)20/h3-4,7-8,16,20-21H,5-6,9H2,1-2H3/t16-/m1/s1. The predicted molar refractivity (Wildman–Crippen MR) is 97.3 cm³/mol. The number of aromatic hydroxyl groups is 2. The molecule has 0 bridgehead atoms. The first-order valence-electron chi connectivity index (χ1n) is 7.85. The number of rotatable bonds is 3. The fourth-order valence-corrected chi connectivity index (χ4v) is 3.96. The Morgan fingerprint density at radius 3 is 2.80 bits per heavy atom. The number of hydrogen-bond donors (Lipinski definition) is 2. The van der Waals surface area contributed by atoms with Gasteiger partial charge in [-0.25, -0.2) is 4.79 Å². The zero-order chi connectivity index (χ0) is 18.0. The molecule has 2 aromatic rings. The van der Waals surface area contributed by atoms with Gasteiger partial charge in [0.15, 0.2) is 0 Å². The van der Waals surface area contributed by atoms with Gasteiger partial charge < -0.3 is 19.4 Å². The third-order valence-corrected chi connectivity index (χ3v) is 5.26. The summed E-state index contributed by atoms with van der Waals surface area (Å²) in [6.45, 7) is 2.13. The monoisotopic (exact) mass is 361 g/mol. The predicted octanol–water partition coefficient (Wildman–Crippen LogP) is 3.04. The van der Waals surface area contributed by atoms with Crippen LogP contribution in [0.2, 0.25) is 0 Å². The first kappa shape index (κ1) is 17.4. The van der Waals surface area contributed by atoms with Crippen LogP contribution in [-0.2, 0) is 0 Å². The highest BCUT2D eigenvalue weighted by atomic mass is 32.2. The van der Waals surface area contributed by atoms with Crippen molar-refractivity contribution < 1.29 is 19.4 Å². The van der Waals surface area contributed by atoms with E-state index in [2.05, 4.69) is 4.99 Å². The van der Waals surface area contributed by atoms with Gasteiger partial charge in [0.05, 0.1) is 12.8 Å². The minimum absolute atomic E-state index is 0.0977. The molecule has 3 rings (SSSR count). The average Bonchev–Trinajstić information content (AvgIpc) is 2.80. The molecule has 7 heteroatoms. The molecule has 0 unspecified atom stereocenters. The van der Waals surface area contributed by atoms with Gasteiger partial charge in [0.2, 0.25) is 0 Å². The number of aryl methyl sites for hydroxylation is 1. The summed E-state index contributed by atoms with van der Waals surface area (Å²) in [5.41, 5.74) is 0.704.